The van der Waals surface area contributed by atoms with Crippen molar-refractivity contribution in [1.29, 1.82) is 0 Å². The van der Waals surface area contributed by atoms with Crippen LogP contribution in [0, 0.1) is 25.6 Å². The summed E-state index contributed by atoms with van der Waals surface area (Å²) >= 11 is 0. The number of likely N-dealkylation sites (tertiary alicyclic amines) is 1. The molecule has 1 aliphatic heterocycles. The number of carboxylic acid groups (broad SMARTS) is 2. The minimum Gasteiger partial charge on any atom is -0.478 e. The molecule has 0 bridgehead atoms. The van der Waals surface area contributed by atoms with Gasteiger partial charge in [-0.3, -0.25) is 4.79 Å². The molecule has 0 saturated carbocycles. The van der Waals surface area contributed by atoms with E-state index in [4.69, 9.17) is 14.2 Å². The quantitative estimate of drug-likeness (QED) is 0.255. The molecule has 11 nitrogen and oxygen atoms in total. The summed E-state index contributed by atoms with van der Waals surface area (Å²) in [7, 11) is 3.41. The van der Waals surface area contributed by atoms with E-state index in [1.54, 1.807) is 50.2 Å². The minimum atomic E-state index is -2.22. The van der Waals surface area contributed by atoms with Gasteiger partial charge in [-0.2, -0.15) is 0 Å². The molecule has 0 amide bonds. The Labute approximate surface area is 265 Å². The van der Waals surface area contributed by atoms with E-state index in [9.17, 15) is 38.6 Å². The highest BCUT2D eigenvalue weighted by Gasteiger charge is 2.41. The van der Waals surface area contributed by atoms with E-state index in [2.05, 4.69) is 4.90 Å². The third-order valence-corrected chi connectivity index (χ3v) is 7.42. The molecule has 0 aromatic heterocycles. The van der Waals surface area contributed by atoms with Crippen LogP contribution in [0.15, 0.2) is 72.8 Å². The van der Waals surface area contributed by atoms with Gasteiger partial charge in [-0.05, 0) is 81.7 Å². The molecule has 4 rings (SSSR count). The van der Waals surface area contributed by atoms with Gasteiger partial charge >= 0.3 is 29.8 Å². The zero-order valence-electron chi connectivity index (χ0n) is 25.8. The van der Waals surface area contributed by atoms with E-state index in [1.807, 2.05) is 7.05 Å². The maximum atomic E-state index is 12.9. The van der Waals surface area contributed by atoms with Gasteiger partial charge in [0.15, 0.2) is 0 Å². The van der Waals surface area contributed by atoms with Crippen LogP contribution in [0.1, 0.15) is 49.7 Å². The Morgan fingerprint density at radius 1 is 0.761 bits per heavy atom. The number of carbonyl (C=O) groups is 5. The number of hydrogen-bond acceptors (Lipinski definition) is 9. The Hall–Kier alpha value is -5.10. The summed E-state index contributed by atoms with van der Waals surface area (Å²) in [4.78, 5) is 61.3. The van der Waals surface area contributed by atoms with Crippen LogP contribution in [0.3, 0.4) is 0 Å². The number of rotatable bonds is 9. The molecule has 2 N–H and O–H groups in total. The van der Waals surface area contributed by atoms with Crippen LogP contribution in [0.4, 0.5) is 4.39 Å². The third kappa shape index (κ3) is 9.70. The average Bonchev–Trinajstić information content (AvgIpc) is 3.03. The fourth-order valence-electron chi connectivity index (χ4n) is 4.84. The molecule has 3 aromatic rings. The molecule has 1 fully saturated rings. The molecule has 1 heterocycles. The Morgan fingerprint density at radius 2 is 1.20 bits per heavy atom. The highest BCUT2D eigenvalue weighted by Crippen LogP contribution is 2.33. The van der Waals surface area contributed by atoms with Crippen molar-refractivity contribution in [3.05, 3.63) is 106 Å². The number of halogens is 1. The highest BCUT2D eigenvalue weighted by molar-refractivity contribution is 5.95. The van der Waals surface area contributed by atoms with Gasteiger partial charge in [0.1, 0.15) is 5.82 Å². The van der Waals surface area contributed by atoms with Crippen LogP contribution in [0.25, 0.3) is 0 Å². The maximum Gasteiger partial charge on any atom is 0.349 e. The first-order valence-electron chi connectivity index (χ1n) is 14.3. The lowest BCUT2D eigenvalue weighted by atomic mass is 9.80. The first-order valence-corrected chi connectivity index (χ1v) is 14.3. The number of carbonyl (C=O) groups excluding carboxylic acids is 3. The number of esters is 3. The van der Waals surface area contributed by atoms with Crippen molar-refractivity contribution in [3.8, 4) is 0 Å². The molecule has 0 unspecified atom stereocenters. The van der Waals surface area contributed by atoms with Crippen molar-refractivity contribution in [2.24, 2.45) is 5.92 Å². The van der Waals surface area contributed by atoms with Gasteiger partial charge in [0.25, 0.3) is 0 Å². The van der Waals surface area contributed by atoms with Crippen LogP contribution in [0.2, 0.25) is 0 Å². The van der Waals surface area contributed by atoms with Gasteiger partial charge in [-0.25, -0.2) is 23.6 Å². The molecular formula is C34H36FNO10. The molecule has 4 atom stereocenters. The first-order chi connectivity index (χ1) is 21.8. The van der Waals surface area contributed by atoms with Crippen molar-refractivity contribution in [2.75, 3.05) is 27.2 Å². The monoisotopic (exact) mass is 637 g/mol. The number of carboxylic acids is 2. The molecule has 244 valence electrons. The van der Waals surface area contributed by atoms with E-state index in [0.29, 0.717) is 6.54 Å². The Morgan fingerprint density at radius 3 is 1.59 bits per heavy atom. The lowest BCUT2D eigenvalue weighted by Gasteiger charge is -2.35. The second-order valence-electron chi connectivity index (χ2n) is 10.9. The molecule has 0 aliphatic carbocycles. The molecule has 1 saturated heterocycles. The van der Waals surface area contributed by atoms with E-state index in [-0.39, 0.29) is 34.7 Å². The van der Waals surface area contributed by atoms with E-state index in [0.717, 1.165) is 29.7 Å². The number of aryl methyl sites for hydroxylation is 2. The van der Waals surface area contributed by atoms with Crippen LogP contribution in [0.5, 0.6) is 0 Å². The SMILES string of the molecule is COC(=O)[C@H]1CN(C)CC[C@@H]1c1ccc(F)cc1.Cc1ccc(C(=O)O[C@H](C(=O)O)[C@H](OC(=O)c2ccc(C)cc2)C(=O)O)cc1. The van der Waals surface area contributed by atoms with E-state index >= 15 is 0 Å². The standard InChI is InChI=1S/C20H18O8.C14H18FNO2/c1-11-3-7-13(8-4-11)19(25)27-15(17(21)22)16(18(23)24)28-20(26)14-9-5-12(2)6-10-14;1-16-8-7-12(13(9-16)14(17)18-2)10-3-5-11(15)6-4-10/h3-10,15-16H,1-2H3,(H,21,22)(H,23,24);3-6,12-13H,7-9H2,1-2H3/t15-,16-;12-,13+/m01/s1. The lowest BCUT2D eigenvalue weighted by molar-refractivity contribution is -0.166. The van der Waals surface area contributed by atoms with Gasteiger partial charge in [0.2, 0.25) is 12.2 Å². The van der Waals surface area contributed by atoms with Gasteiger partial charge in [-0.15, -0.1) is 0 Å². The summed E-state index contributed by atoms with van der Waals surface area (Å²) in [6, 6.07) is 18.5. The van der Waals surface area contributed by atoms with Crippen LogP contribution >= 0.6 is 0 Å². The molecule has 0 radical (unpaired) electrons. The van der Waals surface area contributed by atoms with Gasteiger partial charge in [0.05, 0.1) is 24.2 Å². The zero-order chi connectivity index (χ0) is 34.0. The molecule has 46 heavy (non-hydrogen) atoms. The average molecular weight is 638 g/mol. The molecular weight excluding hydrogens is 601 g/mol. The highest BCUT2D eigenvalue weighted by atomic mass is 19.1. The zero-order valence-corrected chi connectivity index (χ0v) is 25.8. The van der Waals surface area contributed by atoms with Crippen LogP contribution < -0.4 is 0 Å². The summed E-state index contributed by atoms with van der Waals surface area (Å²) in [6.45, 7) is 5.21. The summed E-state index contributed by atoms with van der Waals surface area (Å²) in [5.74, 6) is -6.10. The fourth-order valence-corrected chi connectivity index (χ4v) is 4.84. The number of hydrogen-bond donors (Lipinski definition) is 2. The summed E-state index contributed by atoms with van der Waals surface area (Å²) < 4.78 is 27.5. The van der Waals surface area contributed by atoms with Crippen molar-refractivity contribution in [2.45, 2.75) is 38.4 Å². The van der Waals surface area contributed by atoms with Gasteiger partial charge in [-0.1, -0.05) is 47.5 Å². The number of methoxy groups -OCH3 is 1. The molecule has 12 heteroatoms. The van der Waals surface area contributed by atoms with E-state index < -0.39 is 36.1 Å². The third-order valence-electron chi connectivity index (χ3n) is 7.42. The summed E-state index contributed by atoms with van der Waals surface area (Å²) in [5.41, 5.74) is 2.81. The second-order valence-corrected chi connectivity index (χ2v) is 10.9. The Kier molecular flexibility index (Phi) is 12.5. The summed E-state index contributed by atoms with van der Waals surface area (Å²) in [5, 5.41) is 18.6. The number of piperidine rings is 1. The van der Waals surface area contributed by atoms with Crippen molar-refractivity contribution in [3.63, 3.8) is 0 Å². The summed E-state index contributed by atoms with van der Waals surface area (Å²) in [6.07, 6.45) is -3.55. The van der Waals surface area contributed by atoms with Gasteiger partial charge in [0, 0.05) is 6.54 Å². The lowest BCUT2D eigenvalue weighted by Crippen LogP contribution is -2.45. The largest absolute Gasteiger partial charge is 0.478 e. The van der Waals surface area contributed by atoms with Gasteiger partial charge < -0.3 is 29.3 Å². The number of ether oxygens (including phenoxy) is 3. The number of aliphatic carboxylic acids is 2. The number of nitrogens with zero attached hydrogens (tertiary/aromatic N) is 1. The smallest absolute Gasteiger partial charge is 0.349 e. The van der Waals surface area contributed by atoms with E-state index in [1.165, 1.54) is 43.5 Å². The first kappa shape index (κ1) is 35.4. The van der Waals surface area contributed by atoms with Crippen LogP contribution in [-0.4, -0.2) is 84.4 Å². The predicted molar refractivity (Wildman–Crippen MR) is 163 cm³/mol. The maximum absolute atomic E-state index is 12.9. The Balaban J connectivity index is 0.000000275. The minimum absolute atomic E-state index is 0.0332. The number of benzene rings is 3. The predicted octanol–water partition coefficient (Wildman–Crippen LogP) is 4.26. The van der Waals surface area contributed by atoms with Crippen molar-refractivity contribution >= 4 is 29.8 Å². The Bertz CT molecular complexity index is 1450. The normalized spacial score (nSPS) is 17.3. The molecule has 0 spiro atoms. The molecule has 3 aromatic carbocycles. The van der Waals surface area contributed by atoms with Crippen LogP contribution in [-0.2, 0) is 28.6 Å². The van der Waals surface area contributed by atoms with Crippen molar-refractivity contribution in [1.82, 2.24) is 4.90 Å². The topological polar surface area (TPSA) is 157 Å². The molecule has 1 aliphatic rings. The van der Waals surface area contributed by atoms with Crippen molar-refractivity contribution < 1.29 is 52.8 Å². The fraction of sp³-hybridized carbons (Fsp3) is 0.324. The second kappa shape index (κ2) is 16.3.